The zero-order valence-corrected chi connectivity index (χ0v) is 12.6. The van der Waals surface area contributed by atoms with Crippen molar-refractivity contribution in [2.45, 2.75) is 46.3 Å². The molecule has 0 aliphatic carbocycles. The number of urea groups is 1. The Kier molecular flexibility index (Phi) is 7.25. The molecule has 0 saturated carbocycles. The minimum Gasteiger partial charge on any atom is -0.391 e. The highest BCUT2D eigenvalue weighted by Crippen LogP contribution is 2.17. The monoisotopic (exact) mass is 259 g/mol. The van der Waals surface area contributed by atoms with E-state index in [0.29, 0.717) is 0 Å². The van der Waals surface area contributed by atoms with Gasteiger partial charge in [-0.05, 0) is 39.4 Å². The zero-order chi connectivity index (χ0) is 14.3. The maximum Gasteiger partial charge on any atom is 0.315 e. The van der Waals surface area contributed by atoms with Gasteiger partial charge in [-0.15, -0.1) is 0 Å². The third-order valence-electron chi connectivity index (χ3n) is 2.84. The fourth-order valence-electron chi connectivity index (χ4n) is 1.29. The fraction of sp³-hybridized carbons (Fsp3) is 0.923. The molecule has 0 aromatic carbocycles. The Morgan fingerprint density at radius 2 is 1.89 bits per heavy atom. The summed E-state index contributed by atoms with van der Waals surface area (Å²) in [5, 5.41) is 15.3. The van der Waals surface area contributed by atoms with Gasteiger partial charge < -0.3 is 20.6 Å². The predicted octanol–water partition coefficient (Wildman–Crippen LogP) is 1.03. The first-order valence-corrected chi connectivity index (χ1v) is 6.50. The number of aliphatic hydroxyl groups excluding tert-OH is 1. The van der Waals surface area contributed by atoms with Crippen LogP contribution in [0.2, 0.25) is 0 Å². The first-order chi connectivity index (χ1) is 8.12. The predicted molar refractivity (Wildman–Crippen MR) is 74.6 cm³/mol. The molecular formula is C13H29N3O2. The van der Waals surface area contributed by atoms with Crippen LogP contribution in [0.1, 0.15) is 34.1 Å². The molecule has 18 heavy (non-hydrogen) atoms. The molecule has 5 nitrogen and oxygen atoms in total. The maximum atomic E-state index is 11.6. The molecule has 0 aliphatic rings. The average Bonchev–Trinajstić information content (AvgIpc) is 2.21. The second-order valence-corrected chi connectivity index (χ2v) is 6.23. The number of hydrogen-bond donors (Lipinski definition) is 3. The number of aliphatic hydroxyl groups is 1. The highest BCUT2D eigenvalue weighted by atomic mass is 16.3. The maximum absolute atomic E-state index is 11.6. The van der Waals surface area contributed by atoms with Crippen molar-refractivity contribution in [1.29, 1.82) is 0 Å². The minimum atomic E-state index is -0.541. The van der Waals surface area contributed by atoms with E-state index < -0.39 is 6.10 Å². The van der Waals surface area contributed by atoms with Crippen molar-refractivity contribution in [1.82, 2.24) is 15.5 Å². The molecule has 0 fully saturated rings. The average molecular weight is 259 g/mol. The van der Waals surface area contributed by atoms with Crippen LogP contribution in [0, 0.1) is 5.41 Å². The van der Waals surface area contributed by atoms with Crippen LogP contribution in [0.25, 0.3) is 0 Å². The van der Waals surface area contributed by atoms with Crippen LogP contribution in [0.3, 0.4) is 0 Å². The summed E-state index contributed by atoms with van der Waals surface area (Å²) < 4.78 is 0. The van der Waals surface area contributed by atoms with Gasteiger partial charge in [0.15, 0.2) is 0 Å². The van der Waals surface area contributed by atoms with Crippen molar-refractivity contribution in [2.75, 3.05) is 27.2 Å². The Bertz CT molecular complexity index is 249. The molecule has 0 saturated heterocycles. The van der Waals surface area contributed by atoms with Gasteiger partial charge in [-0.3, -0.25) is 0 Å². The molecule has 0 radical (unpaired) electrons. The highest BCUT2D eigenvalue weighted by Gasteiger charge is 2.22. The van der Waals surface area contributed by atoms with E-state index in [1.807, 2.05) is 41.8 Å². The van der Waals surface area contributed by atoms with Gasteiger partial charge >= 0.3 is 6.03 Å². The van der Waals surface area contributed by atoms with Crippen LogP contribution in [-0.2, 0) is 0 Å². The second-order valence-electron chi connectivity index (χ2n) is 6.23. The first-order valence-electron chi connectivity index (χ1n) is 6.50. The Balaban J connectivity index is 3.84. The van der Waals surface area contributed by atoms with Gasteiger partial charge in [0.05, 0.1) is 6.10 Å². The van der Waals surface area contributed by atoms with Crippen molar-refractivity contribution in [3.05, 3.63) is 0 Å². The summed E-state index contributed by atoms with van der Waals surface area (Å²) in [5.41, 5.74) is -0.218. The Morgan fingerprint density at radius 3 is 2.33 bits per heavy atom. The molecule has 2 amide bonds. The van der Waals surface area contributed by atoms with Crippen molar-refractivity contribution < 1.29 is 9.90 Å². The topological polar surface area (TPSA) is 64.6 Å². The van der Waals surface area contributed by atoms with Gasteiger partial charge in [0.25, 0.3) is 0 Å². The third kappa shape index (κ3) is 8.31. The highest BCUT2D eigenvalue weighted by molar-refractivity contribution is 5.74. The molecule has 0 aromatic heterocycles. The zero-order valence-electron chi connectivity index (χ0n) is 12.6. The van der Waals surface area contributed by atoms with Gasteiger partial charge in [-0.25, -0.2) is 4.79 Å². The molecule has 0 bridgehead atoms. The van der Waals surface area contributed by atoms with Crippen LogP contribution in [0.4, 0.5) is 4.79 Å². The molecule has 0 rings (SSSR count). The Morgan fingerprint density at radius 1 is 1.33 bits per heavy atom. The van der Waals surface area contributed by atoms with Gasteiger partial charge in [0.2, 0.25) is 0 Å². The van der Waals surface area contributed by atoms with Crippen molar-refractivity contribution >= 4 is 6.03 Å². The van der Waals surface area contributed by atoms with Gasteiger partial charge in [0.1, 0.15) is 0 Å². The van der Waals surface area contributed by atoms with E-state index in [9.17, 15) is 9.90 Å². The summed E-state index contributed by atoms with van der Waals surface area (Å²) in [6.45, 7) is 9.01. The number of amides is 2. The molecule has 2 atom stereocenters. The van der Waals surface area contributed by atoms with Gasteiger partial charge in [-0.2, -0.15) is 0 Å². The molecule has 0 heterocycles. The molecule has 0 aromatic rings. The largest absolute Gasteiger partial charge is 0.391 e. The number of nitrogens with one attached hydrogen (secondary N) is 2. The standard InChI is InChI=1S/C13H29N3O2/c1-10(7-8-16(5)6)15-12(18)14-9-11(17)13(2,3)4/h10-11,17H,7-9H2,1-6H3,(H2,14,15,18). The van der Waals surface area contributed by atoms with Crippen LogP contribution in [0.5, 0.6) is 0 Å². The van der Waals surface area contributed by atoms with Crippen molar-refractivity contribution in [3.63, 3.8) is 0 Å². The van der Waals surface area contributed by atoms with E-state index in [1.165, 1.54) is 0 Å². The molecule has 108 valence electrons. The van der Waals surface area contributed by atoms with E-state index >= 15 is 0 Å². The summed E-state index contributed by atoms with van der Waals surface area (Å²) in [4.78, 5) is 13.7. The minimum absolute atomic E-state index is 0.124. The van der Waals surface area contributed by atoms with E-state index in [-0.39, 0.29) is 24.0 Å². The Labute approximate surface area is 111 Å². The number of rotatable bonds is 6. The van der Waals surface area contributed by atoms with Crippen LogP contribution in [-0.4, -0.2) is 55.4 Å². The summed E-state index contributed by atoms with van der Waals surface area (Å²) in [6.07, 6.45) is 0.364. The lowest BCUT2D eigenvalue weighted by atomic mass is 9.89. The molecule has 3 N–H and O–H groups in total. The van der Waals surface area contributed by atoms with E-state index in [1.54, 1.807) is 0 Å². The van der Waals surface area contributed by atoms with Crippen molar-refractivity contribution in [3.8, 4) is 0 Å². The molecule has 0 aliphatic heterocycles. The van der Waals surface area contributed by atoms with Gasteiger partial charge in [0, 0.05) is 12.6 Å². The summed E-state index contributed by atoms with van der Waals surface area (Å²) in [5.74, 6) is 0. The lowest BCUT2D eigenvalue weighted by molar-refractivity contribution is 0.0649. The number of hydrogen-bond acceptors (Lipinski definition) is 3. The third-order valence-corrected chi connectivity index (χ3v) is 2.84. The SMILES string of the molecule is CC(CCN(C)C)NC(=O)NCC(O)C(C)(C)C. The number of carbonyl (C=O) groups excluding carboxylic acids is 1. The molecule has 0 spiro atoms. The Hall–Kier alpha value is -0.810. The molecular weight excluding hydrogens is 230 g/mol. The quantitative estimate of drug-likeness (QED) is 0.667. The van der Waals surface area contributed by atoms with Gasteiger partial charge in [-0.1, -0.05) is 20.8 Å². The van der Waals surface area contributed by atoms with E-state index in [4.69, 9.17) is 0 Å². The number of nitrogens with zero attached hydrogens (tertiary/aromatic N) is 1. The lowest BCUT2D eigenvalue weighted by Crippen LogP contribution is -2.46. The van der Waals surface area contributed by atoms with E-state index in [0.717, 1.165) is 13.0 Å². The van der Waals surface area contributed by atoms with Crippen LogP contribution in [0.15, 0.2) is 0 Å². The number of carbonyl (C=O) groups is 1. The van der Waals surface area contributed by atoms with E-state index in [2.05, 4.69) is 15.5 Å². The molecule has 5 heteroatoms. The lowest BCUT2D eigenvalue weighted by Gasteiger charge is -2.26. The summed E-state index contributed by atoms with van der Waals surface area (Å²) in [7, 11) is 4.01. The normalized spacial score (nSPS) is 15.3. The summed E-state index contributed by atoms with van der Waals surface area (Å²) >= 11 is 0. The fourth-order valence-corrected chi connectivity index (χ4v) is 1.29. The van der Waals surface area contributed by atoms with Crippen molar-refractivity contribution in [2.24, 2.45) is 5.41 Å². The van der Waals surface area contributed by atoms with Crippen LogP contribution >= 0.6 is 0 Å². The molecule has 2 unspecified atom stereocenters. The summed E-state index contributed by atoms with van der Waals surface area (Å²) in [6, 6.07) is -0.0938. The van der Waals surface area contributed by atoms with Crippen LogP contribution < -0.4 is 10.6 Å². The smallest absolute Gasteiger partial charge is 0.315 e. The first kappa shape index (κ1) is 17.2. The second kappa shape index (κ2) is 7.59.